The van der Waals surface area contributed by atoms with E-state index in [-0.39, 0.29) is 5.97 Å². The summed E-state index contributed by atoms with van der Waals surface area (Å²) in [7, 11) is 0. The van der Waals surface area contributed by atoms with Gasteiger partial charge < -0.3 is 9.30 Å². The van der Waals surface area contributed by atoms with Crippen LogP contribution in [-0.4, -0.2) is 27.1 Å². The molecule has 0 atom stereocenters. The highest BCUT2D eigenvalue weighted by Gasteiger charge is 2.08. The molecule has 0 aliphatic carbocycles. The summed E-state index contributed by atoms with van der Waals surface area (Å²) in [5.41, 5.74) is 6.36. The zero-order chi connectivity index (χ0) is 16.2. The maximum absolute atomic E-state index is 11.7. The molecule has 0 spiro atoms. The fraction of sp³-hybridized carbons (Fsp3) is 0.353. The number of rotatable bonds is 6. The second-order valence-electron chi connectivity index (χ2n) is 5.57. The van der Waals surface area contributed by atoms with Gasteiger partial charge in [0, 0.05) is 6.54 Å². The molecule has 0 bridgehead atoms. The lowest BCUT2D eigenvalue weighted by atomic mass is 10.1. The number of benzene rings is 1. The fourth-order valence-corrected chi connectivity index (χ4v) is 2.94. The van der Waals surface area contributed by atoms with Crippen molar-refractivity contribution in [3.05, 3.63) is 46.2 Å². The van der Waals surface area contributed by atoms with Gasteiger partial charge in [0.2, 0.25) is 0 Å². The summed E-state index contributed by atoms with van der Waals surface area (Å²) in [6.07, 6.45) is 5.19. The smallest absolute Gasteiger partial charge is 0.349 e. The van der Waals surface area contributed by atoms with Crippen molar-refractivity contribution in [1.82, 2.24) is 14.5 Å². The van der Waals surface area contributed by atoms with Gasteiger partial charge in [-0.15, -0.1) is 11.3 Å². The van der Waals surface area contributed by atoms with Crippen molar-refractivity contribution in [2.75, 3.05) is 6.61 Å². The van der Waals surface area contributed by atoms with E-state index in [1.165, 1.54) is 28.7 Å². The summed E-state index contributed by atoms with van der Waals surface area (Å²) < 4.78 is 7.39. The van der Waals surface area contributed by atoms with Gasteiger partial charge >= 0.3 is 5.97 Å². The number of nitrogens with zero attached hydrogens (tertiary/aromatic N) is 3. The minimum atomic E-state index is -0.285. The Hall–Kier alpha value is -2.21. The lowest BCUT2D eigenvalue weighted by Gasteiger charge is -2.06. The molecule has 0 N–H and O–H groups in total. The van der Waals surface area contributed by atoms with Crippen molar-refractivity contribution in [3.8, 4) is 0 Å². The van der Waals surface area contributed by atoms with E-state index in [9.17, 15) is 4.79 Å². The van der Waals surface area contributed by atoms with E-state index < -0.39 is 0 Å². The summed E-state index contributed by atoms with van der Waals surface area (Å²) in [4.78, 5) is 20.6. The molecule has 6 heteroatoms. The number of fused-ring (bicyclic) bond motifs is 1. The van der Waals surface area contributed by atoms with Crippen LogP contribution >= 0.6 is 11.3 Å². The Kier molecular flexibility index (Phi) is 4.71. The predicted octanol–water partition coefficient (Wildman–Crippen LogP) is 3.75. The molecule has 0 aliphatic rings. The number of esters is 1. The largest absolute Gasteiger partial charge is 0.461 e. The number of hydrogen-bond donors (Lipinski definition) is 0. The van der Waals surface area contributed by atoms with Gasteiger partial charge in [-0.3, -0.25) is 4.98 Å². The van der Waals surface area contributed by atoms with Crippen LogP contribution in [0.3, 0.4) is 0 Å². The van der Waals surface area contributed by atoms with Crippen molar-refractivity contribution < 1.29 is 9.53 Å². The molecule has 5 nitrogen and oxygen atoms in total. The van der Waals surface area contributed by atoms with Gasteiger partial charge in [0.05, 0.1) is 35.7 Å². The van der Waals surface area contributed by atoms with E-state index in [0.29, 0.717) is 11.5 Å². The number of carbonyl (C=O) groups is 1. The first kappa shape index (κ1) is 15.7. The van der Waals surface area contributed by atoms with Crippen molar-refractivity contribution in [2.45, 2.75) is 33.2 Å². The van der Waals surface area contributed by atoms with Crippen LogP contribution in [0.1, 0.15) is 33.6 Å². The van der Waals surface area contributed by atoms with Crippen molar-refractivity contribution >= 4 is 28.3 Å². The molecule has 0 radical (unpaired) electrons. The van der Waals surface area contributed by atoms with E-state index in [0.717, 1.165) is 30.4 Å². The van der Waals surface area contributed by atoms with Crippen LogP contribution in [0.2, 0.25) is 0 Å². The molecule has 0 unspecified atom stereocenters. The normalized spacial score (nSPS) is 11.0. The molecule has 2 aromatic heterocycles. The molecule has 0 fully saturated rings. The number of carbonyl (C=O) groups excluding carboxylic acids is 1. The third kappa shape index (κ3) is 3.59. The van der Waals surface area contributed by atoms with Crippen molar-refractivity contribution in [2.24, 2.45) is 0 Å². The SMILES string of the molecule is Cc1cc2ncn(CCCCOC(=O)c3cncs3)c2cc1C. The van der Waals surface area contributed by atoms with Crippen molar-refractivity contribution in [1.29, 1.82) is 0 Å². The molecular formula is C17H19N3O2S. The number of aryl methyl sites for hydroxylation is 3. The zero-order valence-electron chi connectivity index (χ0n) is 13.3. The molecule has 3 aromatic rings. The quantitative estimate of drug-likeness (QED) is 0.510. The van der Waals surface area contributed by atoms with Gasteiger partial charge in [0.25, 0.3) is 0 Å². The number of thiazole rings is 1. The summed E-state index contributed by atoms with van der Waals surface area (Å²) in [5, 5.41) is 0. The predicted molar refractivity (Wildman–Crippen MR) is 90.8 cm³/mol. The van der Waals surface area contributed by atoms with Crippen LogP contribution in [0.4, 0.5) is 0 Å². The maximum atomic E-state index is 11.7. The lowest BCUT2D eigenvalue weighted by Crippen LogP contribution is -2.06. The number of hydrogen-bond acceptors (Lipinski definition) is 5. The molecule has 120 valence electrons. The average molecular weight is 329 g/mol. The summed E-state index contributed by atoms with van der Waals surface area (Å²) in [5.74, 6) is -0.285. The Morgan fingerprint density at radius 1 is 1.26 bits per heavy atom. The number of ether oxygens (including phenoxy) is 1. The van der Waals surface area contributed by atoms with E-state index in [2.05, 4.69) is 40.5 Å². The Bertz CT molecular complexity index is 809. The topological polar surface area (TPSA) is 57.0 Å². The van der Waals surface area contributed by atoms with Crippen LogP contribution in [-0.2, 0) is 11.3 Å². The third-order valence-corrected chi connectivity index (χ3v) is 4.65. The molecule has 0 saturated heterocycles. The van der Waals surface area contributed by atoms with Gasteiger partial charge in [-0.05, 0) is 49.9 Å². The molecule has 23 heavy (non-hydrogen) atoms. The highest BCUT2D eigenvalue weighted by Crippen LogP contribution is 2.18. The Morgan fingerprint density at radius 2 is 2.09 bits per heavy atom. The first-order chi connectivity index (χ1) is 11.1. The molecule has 2 heterocycles. The minimum Gasteiger partial charge on any atom is -0.461 e. The van der Waals surface area contributed by atoms with E-state index in [1.807, 2.05) is 6.33 Å². The first-order valence-corrected chi connectivity index (χ1v) is 8.51. The summed E-state index contributed by atoms with van der Waals surface area (Å²) in [6, 6.07) is 4.31. The fourth-order valence-electron chi connectivity index (χ4n) is 2.43. The molecular weight excluding hydrogens is 310 g/mol. The number of aromatic nitrogens is 3. The maximum Gasteiger partial charge on any atom is 0.349 e. The lowest BCUT2D eigenvalue weighted by molar-refractivity contribution is 0.0502. The first-order valence-electron chi connectivity index (χ1n) is 7.63. The van der Waals surface area contributed by atoms with Gasteiger partial charge in [0.15, 0.2) is 0 Å². The molecule has 0 saturated carbocycles. The second kappa shape index (κ2) is 6.91. The summed E-state index contributed by atoms with van der Waals surface area (Å²) >= 11 is 1.30. The summed E-state index contributed by atoms with van der Waals surface area (Å²) in [6.45, 7) is 5.52. The van der Waals surface area contributed by atoms with Crippen LogP contribution in [0.15, 0.2) is 30.2 Å². The second-order valence-corrected chi connectivity index (χ2v) is 6.46. The van der Waals surface area contributed by atoms with E-state index >= 15 is 0 Å². The zero-order valence-corrected chi connectivity index (χ0v) is 14.1. The van der Waals surface area contributed by atoms with E-state index in [1.54, 1.807) is 5.51 Å². The standard InChI is InChI=1S/C17H19N3O2S/c1-12-7-14-15(8-13(12)2)20(10-19-14)5-3-4-6-22-17(21)16-9-18-11-23-16/h7-11H,3-6H2,1-2H3. The van der Waals surface area contributed by atoms with Crippen molar-refractivity contribution in [3.63, 3.8) is 0 Å². The Balaban J connectivity index is 1.49. The highest BCUT2D eigenvalue weighted by atomic mass is 32.1. The van der Waals surface area contributed by atoms with Crippen LogP contribution in [0, 0.1) is 13.8 Å². The minimum absolute atomic E-state index is 0.285. The Labute approximate surface area is 138 Å². The van der Waals surface area contributed by atoms with Gasteiger partial charge in [-0.1, -0.05) is 0 Å². The Morgan fingerprint density at radius 3 is 2.87 bits per heavy atom. The van der Waals surface area contributed by atoms with E-state index in [4.69, 9.17) is 4.74 Å². The molecule has 3 rings (SSSR count). The van der Waals surface area contributed by atoms with Gasteiger partial charge in [0.1, 0.15) is 4.88 Å². The number of unbranched alkanes of at least 4 members (excludes halogenated alkanes) is 1. The van der Waals surface area contributed by atoms with Gasteiger partial charge in [-0.25, -0.2) is 9.78 Å². The van der Waals surface area contributed by atoms with Crippen LogP contribution in [0.5, 0.6) is 0 Å². The van der Waals surface area contributed by atoms with Crippen LogP contribution in [0.25, 0.3) is 11.0 Å². The highest BCUT2D eigenvalue weighted by molar-refractivity contribution is 7.11. The molecule has 0 amide bonds. The molecule has 0 aliphatic heterocycles. The number of imidazole rings is 1. The monoisotopic (exact) mass is 329 g/mol. The third-order valence-electron chi connectivity index (χ3n) is 3.90. The van der Waals surface area contributed by atoms with Gasteiger partial charge in [-0.2, -0.15) is 0 Å². The van der Waals surface area contributed by atoms with Crippen LogP contribution < -0.4 is 0 Å². The average Bonchev–Trinajstić information content (AvgIpc) is 3.18. The molecule has 1 aromatic carbocycles.